The first-order valence-electron chi connectivity index (χ1n) is 20.6. The molecule has 0 aliphatic carbocycles. The highest BCUT2D eigenvalue weighted by Crippen LogP contribution is 2.39. The molecule has 58 heavy (non-hydrogen) atoms. The van der Waals surface area contributed by atoms with Crippen LogP contribution >= 0.6 is 0 Å². The topological polar surface area (TPSA) is 120 Å². The Morgan fingerprint density at radius 3 is 2.19 bits per heavy atom. The van der Waals surface area contributed by atoms with Crippen LogP contribution < -0.4 is 5.32 Å². The second-order valence-corrected chi connectivity index (χ2v) is 16.2. The lowest BCUT2D eigenvalue weighted by atomic mass is 9.84. The molecule has 2 fully saturated rings. The number of carbonyl (C=O) groups is 3. The molecule has 4 atom stereocenters. The van der Waals surface area contributed by atoms with Gasteiger partial charge in [0.1, 0.15) is 11.9 Å². The fraction of sp³-hybridized carbons (Fsp3) is 0.354. The van der Waals surface area contributed by atoms with E-state index >= 15 is 0 Å². The van der Waals surface area contributed by atoms with Crippen molar-refractivity contribution in [2.75, 3.05) is 20.2 Å². The van der Waals surface area contributed by atoms with Crippen molar-refractivity contribution in [3.63, 3.8) is 0 Å². The molecule has 1 aromatic heterocycles. The van der Waals surface area contributed by atoms with Crippen LogP contribution in [-0.4, -0.2) is 75.7 Å². The number of aromatic nitrogens is 2. The summed E-state index contributed by atoms with van der Waals surface area (Å²) in [6.07, 6.45) is 8.11. The quantitative estimate of drug-likeness (QED) is 0.147. The summed E-state index contributed by atoms with van der Waals surface area (Å²) in [5, 5.41) is 5.10. The van der Waals surface area contributed by atoms with E-state index in [0.717, 1.165) is 78.1 Å². The Balaban J connectivity index is 0.998. The van der Waals surface area contributed by atoms with Gasteiger partial charge in [-0.15, -0.1) is 0 Å². The number of H-pyrrole nitrogens is 1. The van der Waals surface area contributed by atoms with Crippen LogP contribution in [0.3, 0.4) is 0 Å². The zero-order valence-corrected chi connectivity index (χ0v) is 33.8. The van der Waals surface area contributed by atoms with Crippen molar-refractivity contribution in [3.05, 3.63) is 120 Å². The van der Waals surface area contributed by atoms with Crippen LogP contribution in [0.15, 0.2) is 108 Å². The number of benzene rings is 4. The molecule has 0 spiro atoms. The first-order valence-corrected chi connectivity index (χ1v) is 20.6. The average Bonchev–Trinajstić information content (AvgIpc) is 4.04. The van der Waals surface area contributed by atoms with Gasteiger partial charge < -0.3 is 24.8 Å². The molecule has 4 heterocycles. The number of aliphatic imine (C=N–C) groups is 1. The Bertz CT molecular complexity index is 2360. The van der Waals surface area contributed by atoms with Gasteiger partial charge in [-0.05, 0) is 82.2 Å². The Morgan fingerprint density at radius 2 is 1.48 bits per heavy atom. The van der Waals surface area contributed by atoms with Crippen LogP contribution in [0.5, 0.6) is 0 Å². The van der Waals surface area contributed by atoms with E-state index in [2.05, 4.69) is 77.9 Å². The zero-order valence-electron chi connectivity index (χ0n) is 33.8. The molecule has 4 unspecified atom stereocenters. The van der Waals surface area contributed by atoms with Crippen LogP contribution in [0.25, 0.3) is 38.7 Å². The predicted octanol–water partition coefficient (Wildman–Crippen LogP) is 9.00. The molecule has 8 rings (SSSR count). The molecule has 2 saturated heterocycles. The van der Waals surface area contributed by atoms with Crippen LogP contribution in [-0.2, 0) is 20.7 Å². The number of nitrogens with one attached hydrogen (secondary N) is 2. The number of imidazole rings is 1. The molecule has 10 nitrogen and oxygen atoms in total. The number of rotatable bonds is 10. The molecule has 298 valence electrons. The van der Waals surface area contributed by atoms with Crippen molar-refractivity contribution in [1.29, 1.82) is 0 Å². The van der Waals surface area contributed by atoms with E-state index in [9.17, 15) is 14.4 Å². The van der Waals surface area contributed by atoms with Gasteiger partial charge in [-0.3, -0.25) is 14.6 Å². The van der Waals surface area contributed by atoms with Crippen LogP contribution in [0, 0.1) is 11.8 Å². The van der Waals surface area contributed by atoms with Gasteiger partial charge >= 0.3 is 6.09 Å². The SMILES string of the molecule is COC(=O)NC(C(=O)N1CCCC1C1=NC=C(c2ccc(-c3ccc(-c4cnc(C5CCCN5C(=O)Cc5ccccc5)[nH]4)cc3)c3ccccc23)CC1C)C(C)C. The number of methoxy groups -OCH3 is 1. The number of hydrogen-bond donors (Lipinski definition) is 2. The normalized spacial score (nSPS) is 19.9. The minimum atomic E-state index is -0.658. The van der Waals surface area contributed by atoms with Crippen LogP contribution in [0.2, 0.25) is 0 Å². The number of allylic oxidation sites excluding steroid dienone is 1. The average molecular weight is 777 g/mol. The predicted molar refractivity (Wildman–Crippen MR) is 229 cm³/mol. The highest BCUT2D eigenvalue weighted by molar-refractivity contribution is 6.05. The maximum atomic E-state index is 13.8. The number of ether oxygens (including phenoxy) is 1. The Kier molecular flexibility index (Phi) is 11.3. The van der Waals surface area contributed by atoms with Crippen molar-refractivity contribution >= 4 is 40.0 Å². The van der Waals surface area contributed by atoms with Gasteiger partial charge in [-0.25, -0.2) is 9.78 Å². The second-order valence-electron chi connectivity index (χ2n) is 16.2. The molecule has 0 radical (unpaired) electrons. The van der Waals surface area contributed by atoms with Gasteiger partial charge in [0.25, 0.3) is 0 Å². The summed E-state index contributed by atoms with van der Waals surface area (Å²) in [5.74, 6) is 0.952. The molecule has 3 aliphatic rings. The molecular weight excluding hydrogens is 725 g/mol. The third-order valence-corrected chi connectivity index (χ3v) is 12.1. The van der Waals surface area contributed by atoms with Crippen LogP contribution in [0.1, 0.15) is 75.9 Å². The van der Waals surface area contributed by atoms with E-state index in [1.807, 2.05) is 66.4 Å². The van der Waals surface area contributed by atoms with Gasteiger partial charge in [0.15, 0.2) is 0 Å². The number of carbonyl (C=O) groups excluding carboxylic acids is 3. The molecule has 10 heteroatoms. The third-order valence-electron chi connectivity index (χ3n) is 12.1. The molecule has 3 aliphatic heterocycles. The van der Waals surface area contributed by atoms with Crippen molar-refractivity contribution in [2.45, 2.75) is 77.4 Å². The molecule has 2 N–H and O–H groups in total. The summed E-state index contributed by atoms with van der Waals surface area (Å²) in [4.78, 5) is 56.4. The van der Waals surface area contributed by atoms with E-state index < -0.39 is 12.1 Å². The van der Waals surface area contributed by atoms with Crippen molar-refractivity contribution in [2.24, 2.45) is 16.8 Å². The van der Waals surface area contributed by atoms with E-state index in [1.165, 1.54) is 29.0 Å². The first kappa shape index (κ1) is 38.8. The molecular formula is C48H52N6O4. The molecule has 4 aromatic carbocycles. The minimum Gasteiger partial charge on any atom is -0.453 e. The highest BCUT2D eigenvalue weighted by Gasteiger charge is 2.40. The van der Waals surface area contributed by atoms with Crippen LogP contribution in [0.4, 0.5) is 4.79 Å². The highest BCUT2D eigenvalue weighted by atomic mass is 16.5. The number of alkyl carbamates (subject to hydrolysis) is 1. The van der Waals surface area contributed by atoms with E-state index in [4.69, 9.17) is 14.7 Å². The molecule has 3 amide bonds. The summed E-state index contributed by atoms with van der Waals surface area (Å²) in [7, 11) is 1.31. The number of aromatic amines is 1. The Morgan fingerprint density at radius 1 is 0.828 bits per heavy atom. The summed E-state index contributed by atoms with van der Waals surface area (Å²) in [5.41, 5.74) is 8.65. The second kappa shape index (κ2) is 16.8. The van der Waals surface area contributed by atoms with Gasteiger partial charge in [0.2, 0.25) is 11.8 Å². The number of hydrogen-bond acceptors (Lipinski definition) is 6. The van der Waals surface area contributed by atoms with Crippen molar-refractivity contribution in [1.82, 2.24) is 25.1 Å². The largest absolute Gasteiger partial charge is 0.453 e. The van der Waals surface area contributed by atoms with Gasteiger partial charge in [0, 0.05) is 30.9 Å². The Labute approximate surface area is 340 Å². The van der Waals surface area contributed by atoms with Crippen molar-refractivity contribution < 1.29 is 19.1 Å². The summed E-state index contributed by atoms with van der Waals surface area (Å²) < 4.78 is 4.81. The lowest BCUT2D eigenvalue weighted by Gasteiger charge is -2.34. The van der Waals surface area contributed by atoms with Crippen molar-refractivity contribution in [3.8, 4) is 22.4 Å². The van der Waals surface area contributed by atoms with Gasteiger partial charge in [-0.1, -0.05) is 112 Å². The Hall–Kier alpha value is -6.03. The lowest BCUT2D eigenvalue weighted by molar-refractivity contribution is -0.134. The fourth-order valence-electron chi connectivity index (χ4n) is 9.11. The molecule has 0 saturated carbocycles. The lowest BCUT2D eigenvalue weighted by Crippen LogP contribution is -2.54. The number of nitrogens with zero attached hydrogens (tertiary/aromatic N) is 4. The maximum absolute atomic E-state index is 13.8. The third kappa shape index (κ3) is 7.80. The van der Waals surface area contributed by atoms with E-state index in [-0.39, 0.29) is 35.7 Å². The fourth-order valence-corrected chi connectivity index (χ4v) is 9.11. The monoisotopic (exact) mass is 776 g/mol. The van der Waals surface area contributed by atoms with E-state index in [1.54, 1.807) is 0 Å². The summed E-state index contributed by atoms with van der Waals surface area (Å²) >= 11 is 0. The number of amides is 3. The molecule has 0 bridgehead atoms. The van der Waals surface area contributed by atoms with Gasteiger partial charge in [0.05, 0.1) is 37.5 Å². The maximum Gasteiger partial charge on any atom is 0.407 e. The summed E-state index contributed by atoms with van der Waals surface area (Å²) in [6.45, 7) is 7.46. The number of likely N-dealkylation sites (tertiary alicyclic amines) is 2. The van der Waals surface area contributed by atoms with E-state index in [0.29, 0.717) is 13.0 Å². The molecule has 5 aromatic rings. The van der Waals surface area contributed by atoms with Gasteiger partial charge in [-0.2, -0.15) is 0 Å². The summed E-state index contributed by atoms with van der Waals surface area (Å²) in [6, 6.07) is 30.7. The standard InChI is InChI=1S/C48H52N6O4/c1-30(2)44(52-48(57)58-4)47(56)54-25-10-16-41(54)45-31(3)26-35(28-49-45)37-23-22-36(38-14-8-9-15-39(37)38)33-18-20-34(21-19-33)40-29-50-46(51-40)42-17-11-24-53(42)43(55)27-32-12-6-5-7-13-32/h5-9,12-15,18-23,28-31,41-42,44H,10-11,16-17,24-27H2,1-4H3,(H,50,51)(H,52,57). The smallest absolute Gasteiger partial charge is 0.407 e. The first-order chi connectivity index (χ1) is 28.2. The minimum absolute atomic E-state index is 0.0467. The zero-order chi connectivity index (χ0) is 40.3. The number of fused-ring (bicyclic) bond motifs is 1.